The van der Waals surface area contributed by atoms with Crippen molar-refractivity contribution in [1.82, 2.24) is 10.3 Å². The minimum atomic E-state index is -4.65. The largest absolute Gasteiger partial charge is 0.417 e. The molecule has 0 aliphatic heterocycles. The molecule has 0 fully saturated rings. The number of anilines is 1. The summed E-state index contributed by atoms with van der Waals surface area (Å²) in [7, 11) is 0. The van der Waals surface area contributed by atoms with Gasteiger partial charge in [0.2, 0.25) is 0 Å². The van der Waals surface area contributed by atoms with E-state index in [2.05, 4.69) is 31.8 Å². The van der Waals surface area contributed by atoms with Gasteiger partial charge in [0.25, 0.3) is 11.8 Å². The Balaban J connectivity index is 1.70. The van der Waals surface area contributed by atoms with Crippen molar-refractivity contribution in [1.29, 1.82) is 0 Å². The molecule has 2 unspecified atom stereocenters. The smallest absolute Gasteiger partial charge is 0.392 e. The zero-order valence-electron chi connectivity index (χ0n) is 22.6. The molecule has 0 bridgehead atoms. The Labute approximate surface area is 254 Å². The Morgan fingerprint density at radius 1 is 1.00 bits per heavy atom. The first-order valence-corrected chi connectivity index (χ1v) is 13.9. The number of aliphatic hydroxyl groups excluding tert-OH is 2. The third-order valence-corrected chi connectivity index (χ3v) is 6.64. The van der Waals surface area contributed by atoms with E-state index in [-0.39, 0.29) is 16.8 Å². The van der Waals surface area contributed by atoms with Crippen molar-refractivity contribution in [2.45, 2.75) is 38.8 Å². The first kappa shape index (κ1) is 33.2. The van der Waals surface area contributed by atoms with E-state index in [1.54, 1.807) is 44.2 Å². The van der Waals surface area contributed by atoms with E-state index in [0.717, 1.165) is 23.9 Å². The third-order valence-electron chi connectivity index (χ3n) is 5.82. The molecule has 0 aromatic heterocycles. The molecule has 0 aliphatic carbocycles. The number of amides is 2. The maximum absolute atomic E-state index is 13.1. The second-order valence-electron chi connectivity index (χ2n) is 9.67. The summed E-state index contributed by atoms with van der Waals surface area (Å²) >= 11 is 8.92. The minimum Gasteiger partial charge on any atom is -0.392 e. The Morgan fingerprint density at radius 3 is 2.24 bits per heavy atom. The van der Waals surface area contributed by atoms with Gasteiger partial charge in [-0.1, -0.05) is 45.7 Å². The molecule has 3 rings (SSSR count). The molecule has 0 spiro atoms. The summed E-state index contributed by atoms with van der Waals surface area (Å²) in [5.41, 5.74) is 2.74. The topological polar surface area (TPSA) is 114 Å². The van der Waals surface area contributed by atoms with Crippen LogP contribution in [0, 0.1) is 0 Å². The monoisotopic (exact) mass is 668 g/mol. The van der Waals surface area contributed by atoms with Crippen molar-refractivity contribution in [3.63, 3.8) is 0 Å². The lowest BCUT2D eigenvalue weighted by Gasteiger charge is -2.25. The van der Waals surface area contributed by atoms with Gasteiger partial charge < -0.3 is 15.5 Å². The normalized spacial score (nSPS) is 13.3. The molecule has 3 aromatic carbocycles. The number of carbonyl (C=O) groups excluding carboxylic acids is 2. The molecule has 2 amide bonds. The number of rotatable bonds is 11. The highest BCUT2D eigenvalue weighted by Crippen LogP contribution is 2.34. The molecule has 3 aromatic rings. The van der Waals surface area contributed by atoms with Crippen LogP contribution in [0.2, 0.25) is 5.02 Å². The summed E-state index contributed by atoms with van der Waals surface area (Å²) in [6, 6.07) is 14.6. The zero-order chi connectivity index (χ0) is 31.0. The fraction of sp³-hybridized carbons (Fsp3) is 0.276. The molecule has 4 N–H and O–H groups in total. The number of benzene rings is 3. The van der Waals surface area contributed by atoms with Gasteiger partial charge in [-0.2, -0.15) is 18.3 Å². The molecule has 13 heteroatoms. The third kappa shape index (κ3) is 9.92. The number of nitrogens with one attached hydrogen (secondary N) is 2. The molecule has 0 saturated heterocycles. The quantitative estimate of drug-likeness (QED) is 0.155. The van der Waals surface area contributed by atoms with Gasteiger partial charge in [-0.25, -0.2) is 5.43 Å². The van der Waals surface area contributed by atoms with Gasteiger partial charge in [0, 0.05) is 29.7 Å². The van der Waals surface area contributed by atoms with Crippen LogP contribution in [0.25, 0.3) is 0 Å². The van der Waals surface area contributed by atoms with Crippen LogP contribution in [0.1, 0.15) is 51.3 Å². The van der Waals surface area contributed by atoms with E-state index in [1.165, 1.54) is 18.2 Å². The Morgan fingerprint density at radius 2 is 1.64 bits per heavy atom. The predicted molar refractivity (Wildman–Crippen MR) is 159 cm³/mol. The van der Waals surface area contributed by atoms with E-state index in [0.29, 0.717) is 29.7 Å². The van der Waals surface area contributed by atoms with Gasteiger partial charge >= 0.3 is 6.18 Å². The summed E-state index contributed by atoms with van der Waals surface area (Å²) < 4.78 is 39.9. The van der Waals surface area contributed by atoms with Crippen LogP contribution in [0.5, 0.6) is 0 Å². The molecule has 8 nitrogen and oxygen atoms in total. The molecule has 0 aliphatic rings. The van der Waals surface area contributed by atoms with E-state index in [1.807, 2.05) is 4.90 Å². The molecular weight excluding hydrogens is 641 g/mol. The Kier molecular flexibility index (Phi) is 11.7. The first-order chi connectivity index (χ1) is 19.7. The van der Waals surface area contributed by atoms with Crippen LogP contribution in [-0.4, -0.2) is 58.4 Å². The zero-order valence-corrected chi connectivity index (χ0v) is 25.0. The summed E-state index contributed by atoms with van der Waals surface area (Å²) in [5.74, 6) is -1.19. The molecular formula is C29H29BrClF3N4O4. The van der Waals surface area contributed by atoms with Crippen molar-refractivity contribution < 1.29 is 33.0 Å². The molecule has 2 atom stereocenters. The van der Waals surface area contributed by atoms with Crippen LogP contribution in [0.15, 0.2) is 70.2 Å². The van der Waals surface area contributed by atoms with Gasteiger partial charge in [-0.3, -0.25) is 14.5 Å². The number of carbonyl (C=O) groups is 2. The van der Waals surface area contributed by atoms with Crippen molar-refractivity contribution >= 4 is 51.2 Å². The van der Waals surface area contributed by atoms with Gasteiger partial charge in [0.1, 0.15) is 0 Å². The number of hydrogen-bond acceptors (Lipinski definition) is 6. The van der Waals surface area contributed by atoms with Crippen molar-refractivity contribution in [2.75, 3.05) is 18.4 Å². The van der Waals surface area contributed by atoms with E-state index < -0.39 is 40.8 Å². The summed E-state index contributed by atoms with van der Waals surface area (Å²) in [5, 5.41) is 25.5. The maximum atomic E-state index is 13.1. The van der Waals surface area contributed by atoms with Crippen LogP contribution < -0.4 is 10.7 Å². The highest BCUT2D eigenvalue weighted by atomic mass is 79.9. The van der Waals surface area contributed by atoms with E-state index in [4.69, 9.17) is 11.6 Å². The van der Waals surface area contributed by atoms with Gasteiger partial charge in [0.15, 0.2) is 0 Å². The molecule has 224 valence electrons. The average molecular weight is 670 g/mol. The maximum Gasteiger partial charge on any atom is 0.417 e. The lowest BCUT2D eigenvalue weighted by atomic mass is 10.1. The Hall–Kier alpha value is -3.29. The standard InChI is InChI=1S/C29H29BrClF3N4O4/c1-17(39)14-38(15-18(2)40)16-19-3-6-21(7-4-19)27(41)36-26-10-8-22(30)12-23(26)28(42)37-35-13-20-5-9-25(31)24(11-20)29(32,33)34/h3-13,17-18,39-40H,14-16H2,1-2H3,(H,36,41)(H,37,42). The number of aliphatic hydroxyl groups is 2. The van der Waals surface area contributed by atoms with Crippen LogP contribution >= 0.6 is 27.5 Å². The Bertz CT molecular complexity index is 1420. The number of hydrogen-bond donors (Lipinski definition) is 4. The average Bonchev–Trinajstić information content (AvgIpc) is 2.89. The van der Waals surface area contributed by atoms with E-state index in [9.17, 15) is 33.0 Å². The fourth-order valence-corrected chi connectivity index (χ4v) is 4.63. The minimum absolute atomic E-state index is 0.0606. The van der Waals surface area contributed by atoms with Gasteiger partial charge in [0.05, 0.1) is 40.3 Å². The molecule has 42 heavy (non-hydrogen) atoms. The lowest BCUT2D eigenvalue weighted by Crippen LogP contribution is -2.35. The van der Waals surface area contributed by atoms with Crippen LogP contribution in [0.3, 0.4) is 0 Å². The fourth-order valence-electron chi connectivity index (χ4n) is 4.04. The highest BCUT2D eigenvalue weighted by molar-refractivity contribution is 9.10. The van der Waals surface area contributed by atoms with Gasteiger partial charge in [-0.15, -0.1) is 0 Å². The first-order valence-electron chi connectivity index (χ1n) is 12.7. The lowest BCUT2D eigenvalue weighted by molar-refractivity contribution is -0.137. The van der Waals surface area contributed by atoms with Gasteiger partial charge in [-0.05, 0) is 67.4 Å². The summed E-state index contributed by atoms with van der Waals surface area (Å²) in [6.07, 6.45) is -4.75. The SMILES string of the molecule is CC(O)CN(Cc1ccc(C(=O)Nc2ccc(Br)cc2C(=O)NN=Cc2ccc(Cl)c(C(F)(F)F)c2)cc1)CC(C)O. The van der Waals surface area contributed by atoms with Crippen molar-refractivity contribution in [3.05, 3.63) is 98.0 Å². The number of hydrazone groups is 1. The van der Waals surface area contributed by atoms with Crippen LogP contribution in [0.4, 0.5) is 18.9 Å². The number of nitrogens with zero attached hydrogens (tertiary/aromatic N) is 2. The van der Waals surface area contributed by atoms with Crippen LogP contribution in [-0.2, 0) is 12.7 Å². The van der Waals surface area contributed by atoms with E-state index >= 15 is 0 Å². The number of halogens is 5. The second-order valence-corrected chi connectivity index (χ2v) is 11.0. The van der Waals surface area contributed by atoms with Crippen molar-refractivity contribution in [2.24, 2.45) is 5.10 Å². The molecule has 0 radical (unpaired) electrons. The highest BCUT2D eigenvalue weighted by Gasteiger charge is 2.33. The predicted octanol–water partition coefficient (Wildman–Crippen LogP) is 5.70. The summed E-state index contributed by atoms with van der Waals surface area (Å²) in [6.45, 7) is 4.54. The molecule has 0 saturated carbocycles. The van der Waals surface area contributed by atoms with Crippen molar-refractivity contribution in [3.8, 4) is 0 Å². The number of alkyl halides is 3. The summed E-state index contributed by atoms with van der Waals surface area (Å²) in [4.78, 5) is 27.7. The molecule has 0 heterocycles. The second kappa shape index (κ2) is 14.7.